The number of amides is 2. The van der Waals surface area contributed by atoms with Crippen LogP contribution in [0.2, 0.25) is 0 Å². The molecule has 0 radical (unpaired) electrons. The Kier molecular flexibility index (Phi) is 5.59. The van der Waals surface area contributed by atoms with E-state index in [1.807, 2.05) is 6.92 Å². The van der Waals surface area contributed by atoms with E-state index in [0.29, 0.717) is 30.0 Å². The molecule has 1 aromatic rings. The van der Waals surface area contributed by atoms with E-state index in [0.717, 1.165) is 0 Å². The van der Waals surface area contributed by atoms with Gasteiger partial charge in [0.25, 0.3) is 0 Å². The van der Waals surface area contributed by atoms with Crippen LogP contribution < -0.4 is 10.6 Å². The van der Waals surface area contributed by atoms with Gasteiger partial charge in [-0.05, 0) is 31.5 Å². The summed E-state index contributed by atoms with van der Waals surface area (Å²) in [6.07, 6.45) is 0. The maximum Gasteiger partial charge on any atom is 0.338 e. The van der Waals surface area contributed by atoms with Crippen molar-refractivity contribution in [3.63, 3.8) is 0 Å². The van der Waals surface area contributed by atoms with Gasteiger partial charge in [0.15, 0.2) is 0 Å². The first kappa shape index (κ1) is 16.8. The lowest BCUT2D eigenvalue weighted by molar-refractivity contribution is -0.141. The quantitative estimate of drug-likeness (QED) is 0.546. The zero-order chi connectivity index (χ0) is 16.8. The summed E-state index contributed by atoms with van der Waals surface area (Å²) in [7, 11) is 0. The highest BCUT2D eigenvalue weighted by atomic mass is 16.6. The van der Waals surface area contributed by atoms with Crippen LogP contribution in [0.15, 0.2) is 35.5 Å². The average molecular weight is 320 g/mol. The fraction of sp³-hybridized carbons (Fsp3) is 0.375. The highest BCUT2D eigenvalue weighted by molar-refractivity contribution is 5.95. The highest BCUT2D eigenvalue weighted by Crippen LogP contribution is 2.28. The molecule has 1 aromatic carbocycles. The van der Waals surface area contributed by atoms with Crippen LogP contribution in [0.25, 0.3) is 0 Å². The van der Waals surface area contributed by atoms with Gasteiger partial charge in [-0.1, -0.05) is 12.1 Å². The minimum Gasteiger partial charge on any atom is -0.508 e. The van der Waals surface area contributed by atoms with E-state index in [4.69, 9.17) is 9.47 Å². The first-order valence-corrected chi connectivity index (χ1v) is 7.35. The van der Waals surface area contributed by atoms with Gasteiger partial charge >= 0.3 is 12.0 Å². The number of rotatable bonds is 6. The number of esters is 1. The number of hydrogen-bond donors (Lipinski definition) is 3. The number of nitrogens with one attached hydrogen (secondary N) is 2. The van der Waals surface area contributed by atoms with Crippen molar-refractivity contribution >= 4 is 12.0 Å². The van der Waals surface area contributed by atoms with Crippen molar-refractivity contribution in [2.24, 2.45) is 0 Å². The van der Waals surface area contributed by atoms with Crippen molar-refractivity contribution in [2.45, 2.75) is 19.9 Å². The van der Waals surface area contributed by atoms with Crippen LogP contribution >= 0.6 is 0 Å². The summed E-state index contributed by atoms with van der Waals surface area (Å²) in [6, 6.07) is 5.25. The van der Waals surface area contributed by atoms with Gasteiger partial charge in [0.05, 0.1) is 18.2 Å². The third-order valence-electron chi connectivity index (χ3n) is 3.38. The number of phenolic OH excluding ortho intramolecular Hbond substituents is 1. The van der Waals surface area contributed by atoms with Crippen molar-refractivity contribution < 1.29 is 24.2 Å². The molecular weight excluding hydrogens is 300 g/mol. The van der Waals surface area contributed by atoms with E-state index in [1.165, 1.54) is 12.1 Å². The fourth-order valence-electron chi connectivity index (χ4n) is 2.30. The molecule has 1 aliphatic heterocycles. The van der Waals surface area contributed by atoms with E-state index < -0.39 is 18.0 Å². The number of benzene rings is 1. The Labute approximate surface area is 134 Å². The summed E-state index contributed by atoms with van der Waals surface area (Å²) in [5.74, 6) is -0.414. The second-order valence-electron chi connectivity index (χ2n) is 4.99. The van der Waals surface area contributed by atoms with Crippen LogP contribution in [-0.4, -0.2) is 36.9 Å². The van der Waals surface area contributed by atoms with Gasteiger partial charge in [0.1, 0.15) is 12.4 Å². The molecule has 0 bridgehead atoms. The topological polar surface area (TPSA) is 96.9 Å². The van der Waals surface area contributed by atoms with Crippen LogP contribution in [0.5, 0.6) is 5.75 Å². The summed E-state index contributed by atoms with van der Waals surface area (Å²) in [5.41, 5.74) is 1.44. The Bertz CT molecular complexity index is 609. The number of allylic oxidation sites excluding steroid dienone is 1. The zero-order valence-electron chi connectivity index (χ0n) is 13.1. The van der Waals surface area contributed by atoms with Gasteiger partial charge in [-0.25, -0.2) is 9.59 Å². The Morgan fingerprint density at radius 2 is 1.96 bits per heavy atom. The summed E-state index contributed by atoms with van der Waals surface area (Å²) in [6.45, 7) is 4.51. The van der Waals surface area contributed by atoms with Crippen LogP contribution in [0.1, 0.15) is 25.5 Å². The van der Waals surface area contributed by atoms with E-state index in [2.05, 4.69) is 10.6 Å². The van der Waals surface area contributed by atoms with Gasteiger partial charge < -0.3 is 25.2 Å². The Hall–Kier alpha value is -2.54. The number of urea groups is 1. The average Bonchev–Trinajstić information content (AvgIpc) is 2.51. The first-order chi connectivity index (χ1) is 11.0. The summed E-state index contributed by atoms with van der Waals surface area (Å²) < 4.78 is 10.3. The van der Waals surface area contributed by atoms with Crippen molar-refractivity contribution in [1.29, 1.82) is 0 Å². The van der Waals surface area contributed by atoms with Crippen molar-refractivity contribution in [3.05, 3.63) is 41.1 Å². The normalized spacial score (nSPS) is 17.5. The predicted molar refractivity (Wildman–Crippen MR) is 82.7 cm³/mol. The lowest BCUT2D eigenvalue weighted by Gasteiger charge is -2.28. The summed E-state index contributed by atoms with van der Waals surface area (Å²) in [4.78, 5) is 24.1. The third kappa shape index (κ3) is 4.23. The maximum atomic E-state index is 12.4. The number of ether oxygens (including phenoxy) is 2. The Morgan fingerprint density at radius 3 is 2.61 bits per heavy atom. The number of carbonyl (C=O) groups excluding carboxylic acids is 2. The first-order valence-electron chi connectivity index (χ1n) is 7.35. The van der Waals surface area contributed by atoms with E-state index in [9.17, 15) is 14.7 Å². The predicted octanol–water partition coefficient (Wildman–Crippen LogP) is 1.60. The van der Waals surface area contributed by atoms with Crippen molar-refractivity contribution in [3.8, 4) is 5.75 Å². The SMILES string of the molecule is CCOCCOC(=O)C1=C(C)NC(=O)N[C@H]1c1ccc(O)cc1. The third-order valence-corrected chi connectivity index (χ3v) is 3.38. The molecule has 3 N–H and O–H groups in total. The Morgan fingerprint density at radius 1 is 1.26 bits per heavy atom. The molecule has 7 heteroatoms. The lowest BCUT2D eigenvalue weighted by Crippen LogP contribution is -2.45. The monoisotopic (exact) mass is 320 g/mol. The van der Waals surface area contributed by atoms with Crippen LogP contribution in [0.3, 0.4) is 0 Å². The van der Waals surface area contributed by atoms with Gasteiger partial charge in [0, 0.05) is 12.3 Å². The van der Waals surface area contributed by atoms with Gasteiger partial charge in [-0.3, -0.25) is 0 Å². The molecular formula is C16H20N2O5. The van der Waals surface area contributed by atoms with E-state index >= 15 is 0 Å². The number of hydrogen-bond acceptors (Lipinski definition) is 5. The molecule has 0 unspecified atom stereocenters. The lowest BCUT2D eigenvalue weighted by atomic mass is 9.95. The maximum absolute atomic E-state index is 12.4. The molecule has 1 heterocycles. The van der Waals surface area contributed by atoms with E-state index in [1.54, 1.807) is 19.1 Å². The smallest absolute Gasteiger partial charge is 0.338 e. The van der Waals surface area contributed by atoms with Gasteiger partial charge in [-0.15, -0.1) is 0 Å². The zero-order valence-corrected chi connectivity index (χ0v) is 13.1. The van der Waals surface area contributed by atoms with Crippen LogP contribution in [0, 0.1) is 0 Å². The molecule has 1 atom stereocenters. The Balaban J connectivity index is 2.20. The largest absolute Gasteiger partial charge is 0.508 e. The van der Waals surface area contributed by atoms with Crippen LogP contribution in [0.4, 0.5) is 4.79 Å². The van der Waals surface area contributed by atoms with Crippen molar-refractivity contribution in [2.75, 3.05) is 19.8 Å². The molecule has 0 saturated carbocycles. The molecule has 0 fully saturated rings. The molecule has 0 aliphatic carbocycles. The second kappa shape index (κ2) is 7.64. The molecule has 2 amide bonds. The molecule has 23 heavy (non-hydrogen) atoms. The second-order valence-corrected chi connectivity index (χ2v) is 4.99. The molecule has 1 aliphatic rings. The fourth-order valence-corrected chi connectivity index (χ4v) is 2.30. The number of phenols is 1. The van der Waals surface area contributed by atoms with Gasteiger partial charge in [-0.2, -0.15) is 0 Å². The summed E-state index contributed by atoms with van der Waals surface area (Å²) >= 11 is 0. The molecule has 0 saturated heterocycles. The molecule has 2 rings (SSSR count). The molecule has 0 spiro atoms. The molecule has 7 nitrogen and oxygen atoms in total. The number of aromatic hydroxyl groups is 1. The number of carbonyl (C=O) groups is 2. The molecule has 124 valence electrons. The minimum absolute atomic E-state index is 0.107. The molecule has 0 aromatic heterocycles. The van der Waals surface area contributed by atoms with Gasteiger partial charge in [0.2, 0.25) is 0 Å². The summed E-state index contributed by atoms with van der Waals surface area (Å²) in [5, 5.41) is 14.6. The van der Waals surface area contributed by atoms with E-state index in [-0.39, 0.29) is 12.4 Å². The standard InChI is InChI=1S/C16H20N2O5/c1-3-22-8-9-23-15(20)13-10(2)17-16(21)18-14(13)11-4-6-12(19)7-5-11/h4-7,14,19H,3,8-9H2,1-2H3,(H2,17,18,21)/t14-/m0/s1. The van der Waals surface area contributed by atoms with Crippen LogP contribution in [-0.2, 0) is 14.3 Å². The van der Waals surface area contributed by atoms with Crippen molar-refractivity contribution in [1.82, 2.24) is 10.6 Å². The minimum atomic E-state index is -0.635. The highest BCUT2D eigenvalue weighted by Gasteiger charge is 2.32.